The van der Waals surface area contributed by atoms with Crippen molar-refractivity contribution in [2.45, 2.75) is 51.2 Å². The van der Waals surface area contributed by atoms with Crippen LogP contribution in [0.5, 0.6) is 0 Å². The SMILES string of the molecule is CC(C1CC1)N(Cc1ccccc1)C(=O)c1ccc(NC2CC2)c([N+](=O)[O-])c1. The zero-order valence-corrected chi connectivity index (χ0v) is 16.0. The van der Waals surface area contributed by atoms with Crippen LogP contribution in [-0.2, 0) is 6.54 Å². The number of carbonyl (C=O) groups excluding carboxylic acids is 1. The standard InChI is InChI=1S/C22H25N3O3/c1-15(17-7-8-17)24(14-16-5-3-2-4-6-16)22(26)18-9-12-20(23-19-10-11-19)21(13-18)25(27)28/h2-6,9,12-13,15,17,19,23H,7-8,10-11,14H2,1H3. The second-order valence-electron chi connectivity index (χ2n) is 7.90. The van der Waals surface area contributed by atoms with Crippen molar-refractivity contribution in [1.29, 1.82) is 0 Å². The van der Waals surface area contributed by atoms with Crippen molar-refractivity contribution < 1.29 is 9.72 Å². The van der Waals surface area contributed by atoms with Gasteiger partial charge in [-0.2, -0.15) is 0 Å². The van der Waals surface area contributed by atoms with Crippen LogP contribution in [0.4, 0.5) is 11.4 Å². The van der Waals surface area contributed by atoms with Gasteiger partial charge in [0.15, 0.2) is 0 Å². The molecule has 0 aromatic heterocycles. The lowest BCUT2D eigenvalue weighted by Crippen LogP contribution is -2.39. The highest BCUT2D eigenvalue weighted by atomic mass is 16.6. The lowest BCUT2D eigenvalue weighted by atomic mass is 10.1. The first-order chi connectivity index (χ1) is 13.5. The van der Waals surface area contributed by atoms with Crippen LogP contribution in [0.15, 0.2) is 48.5 Å². The summed E-state index contributed by atoms with van der Waals surface area (Å²) in [6.45, 7) is 2.59. The average molecular weight is 379 g/mol. The van der Waals surface area contributed by atoms with Gasteiger partial charge in [0.1, 0.15) is 5.69 Å². The maximum atomic E-state index is 13.3. The number of nitro groups is 1. The highest BCUT2D eigenvalue weighted by molar-refractivity contribution is 5.96. The second-order valence-corrected chi connectivity index (χ2v) is 7.90. The molecule has 2 aliphatic rings. The highest BCUT2D eigenvalue weighted by Crippen LogP contribution is 2.37. The van der Waals surface area contributed by atoms with E-state index in [1.807, 2.05) is 35.2 Å². The molecule has 1 amide bonds. The van der Waals surface area contributed by atoms with Gasteiger partial charge in [0.2, 0.25) is 0 Å². The Morgan fingerprint density at radius 1 is 1.18 bits per heavy atom. The summed E-state index contributed by atoms with van der Waals surface area (Å²) in [6.07, 6.45) is 4.32. The molecule has 1 N–H and O–H groups in total. The van der Waals surface area contributed by atoms with Crippen molar-refractivity contribution in [3.05, 3.63) is 69.8 Å². The molecule has 1 atom stereocenters. The first-order valence-electron chi connectivity index (χ1n) is 9.93. The molecule has 4 rings (SSSR count). The Balaban J connectivity index is 1.61. The fourth-order valence-electron chi connectivity index (χ4n) is 3.57. The highest BCUT2D eigenvalue weighted by Gasteiger charge is 2.35. The number of amides is 1. The van der Waals surface area contributed by atoms with Gasteiger partial charge in [-0.3, -0.25) is 14.9 Å². The van der Waals surface area contributed by atoms with Gasteiger partial charge in [0.05, 0.1) is 4.92 Å². The molecular formula is C22H25N3O3. The van der Waals surface area contributed by atoms with E-state index in [9.17, 15) is 14.9 Å². The first kappa shape index (κ1) is 18.5. The zero-order valence-electron chi connectivity index (χ0n) is 16.0. The van der Waals surface area contributed by atoms with Crippen LogP contribution in [0.1, 0.15) is 48.5 Å². The quantitative estimate of drug-likeness (QED) is 0.537. The summed E-state index contributed by atoms with van der Waals surface area (Å²) < 4.78 is 0. The molecular weight excluding hydrogens is 354 g/mol. The van der Waals surface area contributed by atoms with Crippen LogP contribution < -0.4 is 5.32 Å². The summed E-state index contributed by atoms with van der Waals surface area (Å²) in [5.74, 6) is 0.364. The Morgan fingerprint density at radius 3 is 2.50 bits per heavy atom. The Labute approximate surface area is 164 Å². The van der Waals surface area contributed by atoms with Crippen LogP contribution in [-0.4, -0.2) is 27.8 Å². The summed E-state index contributed by atoms with van der Waals surface area (Å²) in [5.41, 5.74) is 1.90. The van der Waals surface area contributed by atoms with Crippen molar-refractivity contribution in [2.24, 2.45) is 5.92 Å². The van der Waals surface area contributed by atoms with E-state index in [0.29, 0.717) is 29.8 Å². The van der Waals surface area contributed by atoms with Crippen LogP contribution in [0, 0.1) is 16.0 Å². The van der Waals surface area contributed by atoms with Crippen LogP contribution in [0.2, 0.25) is 0 Å². The molecule has 0 radical (unpaired) electrons. The Bertz CT molecular complexity index is 876. The fourth-order valence-corrected chi connectivity index (χ4v) is 3.57. The molecule has 2 aliphatic carbocycles. The van der Waals surface area contributed by atoms with Crippen molar-refractivity contribution in [3.8, 4) is 0 Å². The summed E-state index contributed by atoms with van der Waals surface area (Å²) >= 11 is 0. The normalized spacial score (nSPS) is 17.0. The van der Waals surface area contributed by atoms with E-state index >= 15 is 0 Å². The molecule has 0 aliphatic heterocycles. The number of benzene rings is 2. The lowest BCUT2D eigenvalue weighted by Gasteiger charge is -2.30. The third-order valence-electron chi connectivity index (χ3n) is 5.63. The number of hydrogen-bond donors (Lipinski definition) is 1. The first-order valence-corrected chi connectivity index (χ1v) is 9.93. The molecule has 6 heteroatoms. The topological polar surface area (TPSA) is 75.5 Å². The zero-order chi connectivity index (χ0) is 19.7. The van der Waals surface area contributed by atoms with Crippen molar-refractivity contribution >= 4 is 17.3 Å². The molecule has 0 heterocycles. The van der Waals surface area contributed by atoms with Crippen LogP contribution >= 0.6 is 0 Å². The van der Waals surface area contributed by atoms with Gasteiger partial charge < -0.3 is 10.2 Å². The van der Waals surface area contributed by atoms with E-state index in [4.69, 9.17) is 0 Å². The summed E-state index contributed by atoms with van der Waals surface area (Å²) in [5, 5.41) is 14.7. The third kappa shape index (κ3) is 4.16. The van der Waals surface area contributed by atoms with Gasteiger partial charge in [-0.15, -0.1) is 0 Å². The number of nitrogens with zero attached hydrogens (tertiary/aromatic N) is 2. The minimum absolute atomic E-state index is 0.0310. The van der Waals surface area contributed by atoms with E-state index in [1.54, 1.807) is 12.1 Å². The van der Waals surface area contributed by atoms with Gasteiger partial charge in [0.25, 0.3) is 11.6 Å². The monoisotopic (exact) mass is 379 g/mol. The van der Waals surface area contributed by atoms with E-state index < -0.39 is 4.92 Å². The average Bonchev–Trinajstić information content (AvgIpc) is 3.60. The minimum atomic E-state index is -0.409. The maximum Gasteiger partial charge on any atom is 0.293 e. The van der Waals surface area contributed by atoms with E-state index in [-0.39, 0.29) is 17.6 Å². The van der Waals surface area contributed by atoms with Gasteiger partial charge >= 0.3 is 0 Å². The molecule has 0 bridgehead atoms. The second kappa shape index (κ2) is 7.62. The molecule has 2 aromatic carbocycles. The molecule has 0 saturated heterocycles. The van der Waals surface area contributed by atoms with E-state index in [1.165, 1.54) is 6.07 Å². The predicted molar refractivity (Wildman–Crippen MR) is 108 cm³/mol. The van der Waals surface area contributed by atoms with Gasteiger partial charge in [0, 0.05) is 30.3 Å². The van der Waals surface area contributed by atoms with Gasteiger partial charge in [-0.05, 0) is 56.2 Å². The molecule has 2 fully saturated rings. The Morgan fingerprint density at radius 2 is 1.89 bits per heavy atom. The van der Waals surface area contributed by atoms with Crippen molar-refractivity contribution in [3.63, 3.8) is 0 Å². The largest absolute Gasteiger partial charge is 0.377 e. The fraction of sp³-hybridized carbons (Fsp3) is 0.409. The molecule has 6 nitrogen and oxygen atoms in total. The maximum absolute atomic E-state index is 13.3. The Kier molecular flexibility index (Phi) is 5.03. The van der Waals surface area contributed by atoms with Crippen LogP contribution in [0.3, 0.4) is 0 Å². The predicted octanol–water partition coefficient (Wildman–Crippen LogP) is 4.61. The molecule has 2 aromatic rings. The number of rotatable bonds is 8. The number of carbonyl (C=O) groups is 1. The summed E-state index contributed by atoms with van der Waals surface area (Å²) in [6, 6.07) is 15.1. The van der Waals surface area contributed by atoms with Crippen molar-refractivity contribution in [1.82, 2.24) is 4.90 Å². The third-order valence-corrected chi connectivity index (χ3v) is 5.63. The smallest absolute Gasteiger partial charge is 0.293 e. The number of nitrogens with one attached hydrogen (secondary N) is 1. The Hall–Kier alpha value is -2.89. The molecule has 1 unspecified atom stereocenters. The van der Waals surface area contributed by atoms with Gasteiger partial charge in [-0.25, -0.2) is 0 Å². The van der Waals surface area contributed by atoms with E-state index in [0.717, 1.165) is 31.2 Å². The van der Waals surface area contributed by atoms with Crippen LogP contribution in [0.25, 0.3) is 0 Å². The molecule has 28 heavy (non-hydrogen) atoms. The number of hydrogen-bond acceptors (Lipinski definition) is 4. The number of nitro benzene ring substituents is 1. The van der Waals surface area contributed by atoms with E-state index in [2.05, 4.69) is 12.2 Å². The van der Waals surface area contributed by atoms with Crippen molar-refractivity contribution in [2.75, 3.05) is 5.32 Å². The summed E-state index contributed by atoms with van der Waals surface area (Å²) in [7, 11) is 0. The molecule has 2 saturated carbocycles. The molecule has 146 valence electrons. The molecule has 0 spiro atoms. The minimum Gasteiger partial charge on any atom is -0.377 e. The lowest BCUT2D eigenvalue weighted by molar-refractivity contribution is -0.384. The van der Waals surface area contributed by atoms with Gasteiger partial charge in [-0.1, -0.05) is 30.3 Å². The summed E-state index contributed by atoms with van der Waals surface area (Å²) in [4.78, 5) is 26.3. The number of anilines is 1.